The van der Waals surface area contributed by atoms with Gasteiger partial charge in [-0.3, -0.25) is 19.2 Å². The molecular weight excluding hydrogens is 420 g/mol. The number of aliphatic carboxylic acids is 1. The molecule has 10 heteroatoms. The average molecular weight is 453 g/mol. The molecule has 1 rings (SSSR count). The third-order valence-corrected chi connectivity index (χ3v) is 5.34. The van der Waals surface area contributed by atoms with E-state index in [4.69, 9.17) is 10.8 Å². The maximum atomic E-state index is 12.9. The molecule has 0 heterocycles. The second-order valence-electron chi connectivity index (χ2n) is 7.48. The lowest BCUT2D eigenvalue weighted by Gasteiger charge is -2.27. The number of hydrogen-bond donors (Lipinski definition) is 6. The van der Waals surface area contributed by atoms with Crippen LogP contribution < -0.4 is 21.7 Å². The van der Waals surface area contributed by atoms with Crippen LogP contribution in [0.4, 0.5) is 0 Å². The summed E-state index contributed by atoms with van der Waals surface area (Å²) < 4.78 is 0. The van der Waals surface area contributed by atoms with Crippen molar-refractivity contribution in [2.45, 2.75) is 57.8 Å². The van der Waals surface area contributed by atoms with E-state index in [1.165, 1.54) is 6.92 Å². The highest BCUT2D eigenvalue weighted by molar-refractivity contribution is 7.80. The number of nitrogens with one attached hydrogen (secondary N) is 3. The molecule has 0 saturated heterocycles. The van der Waals surface area contributed by atoms with Crippen molar-refractivity contribution >= 4 is 36.3 Å². The van der Waals surface area contributed by atoms with Crippen molar-refractivity contribution < 1.29 is 24.3 Å². The van der Waals surface area contributed by atoms with Gasteiger partial charge < -0.3 is 26.8 Å². The summed E-state index contributed by atoms with van der Waals surface area (Å²) in [5.74, 6) is -3.18. The predicted molar refractivity (Wildman–Crippen MR) is 121 cm³/mol. The molecule has 0 aliphatic carbocycles. The average Bonchev–Trinajstić information content (AvgIpc) is 2.75. The molecule has 0 fully saturated rings. The molecule has 0 saturated carbocycles. The van der Waals surface area contributed by atoms with Crippen LogP contribution >= 0.6 is 12.6 Å². The molecule has 5 atom stereocenters. The Morgan fingerprint density at radius 3 is 2.13 bits per heavy atom. The summed E-state index contributed by atoms with van der Waals surface area (Å²) in [6.07, 6.45) is 0.913. The number of carboxylic acids is 1. The van der Waals surface area contributed by atoms with Gasteiger partial charge in [-0.15, -0.1) is 0 Å². The van der Waals surface area contributed by atoms with E-state index in [9.17, 15) is 19.2 Å². The molecule has 0 aliphatic heterocycles. The van der Waals surface area contributed by atoms with Crippen LogP contribution in [0.1, 0.15) is 32.8 Å². The first-order chi connectivity index (χ1) is 14.6. The van der Waals surface area contributed by atoms with Crippen molar-refractivity contribution in [2.75, 3.05) is 5.75 Å². The molecule has 6 N–H and O–H groups in total. The molecular formula is C21H32N4O5S. The summed E-state index contributed by atoms with van der Waals surface area (Å²) in [6.45, 7) is 4.99. The molecule has 0 bridgehead atoms. The third-order valence-electron chi connectivity index (χ3n) is 4.97. The van der Waals surface area contributed by atoms with Crippen molar-refractivity contribution in [1.82, 2.24) is 16.0 Å². The smallest absolute Gasteiger partial charge is 0.325 e. The zero-order valence-corrected chi connectivity index (χ0v) is 18.9. The fraction of sp³-hybridized carbons (Fsp3) is 0.524. The van der Waals surface area contributed by atoms with Crippen LogP contribution in [-0.4, -0.2) is 58.7 Å². The van der Waals surface area contributed by atoms with Gasteiger partial charge in [-0.05, 0) is 24.8 Å². The second kappa shape index (κ2) is 13.0. The standard InChI is InChI=1S/C21H32N4O5S/c1-4-12(2)17(25-18(26)15(22)10-14-8-6-5-7-9-14)20(28)24-16(11-31)19(27)23-13(3)21(29)30/h5-9,12-13,15-17,31H,4,10-11,22H2,1-3H3,(H,23,27)(H,24,28)(H,25,26)(H,29,30). The Morgan fingerprint density at radius 2 is 1.61 bits per heavy atom. The Hall–Kier alpha value is -2.59. The number of thiol groups is 1. The van der Waals surface area contributed by atoms with E-state index in [0.717, 1.165) is 5.56 Å². The van der Waals surface area contributed by atoms with E-state index in [2.05, 4.69) is 28.6 Å². The fourth-order valence-corrected chi connectivity index (χ4v) is 3.01. The first-order valence-electron chi connectivity index (χ1n) is 10.1. The lowest BCUT2D eigenvalue weighted by Crippen LogP contribution is -2.59. The molecule has 5 unspecified atom stereocenters. The summed E-state index contributed by atoms with van der Waals surface area (Å²) >= 11 is 4.07. The minimum atomic E-state index is -1.20. The lowest BCUT2D eigenvalue weighted by molar-refractivity contribution is -0.141. The maximum absolute atomic E-state index is 12.9. The number of carbonyl (C=O) groups excluding carboxylic acids is 3. The van der Waals surface area contributed by atoms with Gasteiger partial charge in [0, 0.05) is 5.75 Å². The van der Waals surface area contributed by atoms with E-state index in [1.807, 2.05) is 37.3 Å². The largest absolute Gasteiger partial charge is 0.480 e. The third kappa shape index (κ3) is 8.58. The van der Waals surface area contributed by atoms with Gasteiger partial charge in [0.2, 0.25) is 17.7 Å². The van der Waals surface area contributed by atoms with Gasteiger partial charge in [-0.25, -0.2) is 0 Å². The van der Waals surface area contributed by atoms with Crippen molar-refractivity contribution in [2.24, 2.45) is 11.7 Å². The van der Waals surface area contributed by atoms with Crippen LogP contribution in [0.15, 0.2) is 30.3 Å². The Balaban J connectivity index is 2.82. The molecule has 0 aromatic heterocycles. The lowest BCUT2D eigenvalue weighted by atomic mass is 9.97. The Labute approximate surface area is 187 Å². The van der Waals surface area contributed by atoms with Gasteiger partial charge in [-0.2, -0.15) is 12.6 Å². The number of nitrogens with two attached hydrogens (primary N) is 1. The highest BCUT2D eigenvalue weighted by atomic mass is 32.1. The maximum Gasteiger partial charge on any atom is 0.325 e. The summed E-state index contributed by atoms with van der Waals surface area (Å²) in [5, 5.41) is 16.5. The molecule has 0 spiro atoms. The summed E-state index contributed by atoms with van der Waals surface area (Å²) in [5.41, 5.74) is 6.92. The van der Waals surface area contributed by atoms with Gasteiger partial charge in [-0.1, -0.05) is 50.6 Å². The van der Waals surface area contributed by atoms with Crippen LogP contribution in [0.3, 0.4) is 0 Å². The molecule has 0 aliphatic rings. The number of carbonyl (C=O) groups is 4. The molecule has 31 heavy (non-hydrogen) atoms. The zero-order chi connectivity index (χ0) is 23.6. The molecule has 3 amide bonds. The van der Waals surface area contributed by atoms with E-state index in [1.54, 1.807) is 6.92 Å². The molecule has 9 nitrogen and oxygen atoms in total. The van der Waals surface area contributed by atoms with Gasteiger partial charge in [0.25, 0.3) is 0 Å². The van der Waals surface area contributed by atoms with Gasteiger partial charge in [0.15, 0.2) is 0 Å². The minimum Gasteiger partial charge on any atom is -0.480 e. The quantitative estimate of drug-likeness (QED) is 0.247. The SMILES string of the molecule is CCC(C)C(NC(=O)C(N)Cc1ccccc1)C(=O)NC(CS)C(=O)NC(C)C(=O)O. The van der Waals surface area contributed by atoms with E-state index in [0.29, 0.717) is 12.8 Å². The van der Waals surface area contributed by atoms with Crippen molar-refractivity contribution in [3.8, 4) is 0 Å². The van der Waals surface area contributed by atoms with Crippen LogP contribution in [-0.2, 0) is 25.6 Å². The van der Waals surface area contributed by atoms with Crippen LogP contribution in [0.5, 0.6) is 0 Å². The predicted octanol–water partition coefficient (Wildman–Crippen LogP) is 0.0912. The zero-order valence-electron chi connectivity index (χ0n) is 18.0. The molecule has 0 radical (unpaired) electrons. The van der Waals surface area contributed by atoms with Crippen molar-refractivity contribution in [1.29, 1.82) is 0 Å². The molecule has 1 aromatic carbocycles. The minimum absolute atomic E-state index is 0.0430. The normalized spacial score (nSPS) is 15.6. The van der Waals surface area contributed by atoms with Gasteiger partial charge in [0.1, 0.15) is 18.1 Å². The second-order valence-corrected chi connectivity index (χ2v) is 7.85. The monoisotopic (exact) mass is 452 g/mol. The Morgan fingerprint density at radius 1 is 1.00 bits per heavy atom. The number of rotatable bonds is 12. The van der Waals surface area contributed by atoms with E-state index < -0.39 is 47.9 Å². The summed E-state index contributed by atoms with van der Waals surface area (Å²) in [6, 6.07) is 5.36. The van der Waals surface area contributed by atoms with E-state index in [-0.39, 0.29) is 11.7 Å². The van der Waals surface area contributed by atoms with Crippen LogP contribution in [0.25, 0.3) is 0 Å². The van der Waals surface area contributed by atoms with E-state index >= 15 is 0 Å². The number of carboxylic acid groups (broad SMARTS) is 1. The first kappa shape index (κ1) is 26.4. The highest BCUT2D eigenvalue weighted by Gasteiger charge is 2.31. The molecule has 1 aromatic rings. The first-order valence-corrected chi connectivity index (χ1v) is 10.8. The van der Waals surface area contributed by atoms with Crippen molar-refractivity contribution in [3.05, 3.63) is 35.9 Å². The van der Waals surface area contributed by atoms with Crippen LogP contribution in [0.2, 0.25) is 0 Å². The number of amides is 3. The highest BCUT2D eigenvalue weighted by Crippen LogP contribution is 2.10. The summed E-state index contributed by atoms with van der Waals surface area (Å²) in [4.78, 5) is 48.7. The fourth-order valence-electron chi connectivity index (χ4n) is 2.75. The van der Waals surface area contributed by atoms with Gasteiger partial charge >= 0.3 is 5.97 Å². The van der Waals surface area contributed by atoms with Crippen LogP contribution in [0, 0.1) is 5.92 Å². The van der Waals surface area contributed by atoms with Crippen molar-refractivity contribution in [3.63, 3.8) is 0 Å². The number of hydrogen-bond acceptors (Lipinski definition) is 6. The molecule has 172 valence electrons. The Kier molecular flexibility index (Phi) is 11.1. The topological polar surface area (TPSA) is 151 Å². The Bertz CT molecular complexity index is 761. The number of benzene rings is 1. The van der Waals surface area contributed by atoms with Gasteiger partial charge in [0.05, 0.1) is 6.04 Å². The summed E-state index contributed by atoms with van der Waals surface area (Å²) in [7, 11) is 0.